The smallest absolute Gasteiger partial charge is 0.245 e. The molecule has 4 aromatic rings. The highest BCUT2D eigenvalue weighted by Crippen LogP contribution is 2.33. The third kappa shape index (κ3) is 5.96. The molecule has 0 radical (unpaired) electrons. The summed E-state index contributed by atoms with van der Waals surface area (Å²) in [6.45, 7) is 4.17. The van der Waals surface area contributed by atoms with Crippen LogP contribution in [-0.2, 0) is 4.74 Å². The number of halogens is 2. The third-order valence-corrected chi connectivity index (χ3v) is 5.93. The maximum atomic E-state index is 14.2. The number of aromatic nitrogens is 5. The molecule has 1 aliphatic rings. The molecule has 0 spiro atoms. The molecule has 37 heavy (non-hydrogen) atoms. The molecule has 5 rings (SSSR count). The van der Waals surface area contributed by atoms with E-state index in [4.69, 9.17) is 16.3 Å². The minimum absolute atomic E-state index is 0.188. The van der Waals surface area contributed by atoms with Gasteiger partial charge in [0.1, 0.15) is 6.33 Å². The Morgan fingerprint density at radius 3 is 2.59 bits per heavy atom. The Morgan fingerprint density at radius 2 is 1.86 bits per heavy atom. The van der Waals surface area contributed by atoms with E-state index in [2.05, 4.69) is 40.8 Å². The predicted octanol–water partition coefficient (Wildman–Crippen LogP) is 4.46. The molecule has 1 aliphatic heterocycles. The van der Waals surface area contributed by atoms with Crippen molar-refractivity contribution < 1.29 is 9.13 Å². The first kappa shape index (κ1) is 24.5. The number of morpholine rings is 1. The fraction of sp³-hybridized carbons (Fsp3) is 0.200. The molecule has 4 heterocycles. The number of pyridine rings is 1. The van der Waals surface area contributed by atoms with Crippen LogP contribution in [0.5, 0.6) is 0 Å². The Labute approximate surface area is 217 Å². The standard InChI is InChI=1S/C25H23ClFN9O/c1-16-8-17(18-10-28-15-29-11-18)9-21(26)23(16)33-20-3-2-19(30-12-20)13-32-35-25-31-14-22(27)24(34-25)36-4-6-37-7-5-36/h2-3,8-15,33H,4-7H2,1H3,(H,31,34,35)/b32-13+. The van der Waals surface area contributed by atoms with E-state index in [1.165, 1.54) is 12.5 Å². The van der Waals surface area contributed by atoms with E-state index >= 15 is 0 Å². The molecule has 0 saturated carbocycles. The van der Waals surface area contributed by atoms with Gasteiger partial charge >= 0.3 is 0 Å². The number of nitrogens with one attached hydrogen (secondary N) is 2. The van der Waals surface area contributed by atoms with Gasteiger partial charge in [0.2, 0.25) is 5.95 Å². The van der Waals surface area contributed by atoms with Crippen LogP contribution in [0.25, 0.3) is 11.1 Å². The normalized spacial score (nSPS) is 13.6. The first-order valence-electron chi connectivity index (χ1n) is 11.5. The van der Waals surface area contributed by atoms with Crippen LogP contribution in [0.2, 0.25) is 5.02 Å². The Kier molecular flexibility index (Phi) is 7.43. The van der Waals surface area contributed by atoms with Crippen molar-refractivity contribution >= 4 is 41.0 Å². The predicted molar refractivity (Wildman–Crippen MR) is 141 cm³/mol. The quantitative estimate of drug-likeness (QED) is 0.270. The van der Waals surface area contributed by atoms with Gasteiger partial charge in [-0.05, 0) is 42.3 Å². The van der Waals surface area contributed by atoms with Crippen LogP contribution in [0.3, 0.4) is 0 Å². The summed E-state index contributed by atoms with van der Waals surface area (Å²) >= 11 is 6.57. The molecule has 0 bridgehead atoms. The molecule has 0 aliphatic carbocycles. The van der Waals surface area contributed by atoms with E-state index in [0.717, 1.165) is 34.3 Å². The fourth-order valence-corrected chi connectivity index (χ4v) is 4.10. The summed E-state index contributed by atoms with van der Waals surface area (Å²) < 4.78 is 19.5. The number of benzene rings is 1. The fourth-order valence-electron chi connectivity index (χ4n) is 3.78. The van der Waals surface area contributed by atoms with Crippen LogP contribution in [0.1, 0.15) is 11.3 Å². The lowest BCUT2D eigenvalue weighted by atomic mass is 10.0. The van der Waals surface area contributed by atoms with Crippen LogP contribution in [0.15, 0.2) is 60.5 Å². The molecule has 10 nitrogen and oxygen atoms in total. The second-order valence-corrected chi connectivity index (χ2v) is 8.62. The van der Waals surface area contributed by atoms with Gasteiger partial charge in [0.25, 0.3) is 0 Å². The van der Waals surface area contributed by atoms with Gasteiger partial charge in [-0.25, -0.2) is 24.8 Å². The molecule has 0 unspecified atom stereocenters. The largest absolute Gasteiger partial charge is 0.378 e. The minimum atomic E-state index is -0.486. The van der Waals surface area contributed by atoms with Gasteiger partial charge in [-0.3, -0.25) is 4.98 Å². The number of hydrogen-bond donors (Lipinski definition) is 2. The molecule has 1 aromatic carbocycles. The van der Waals surface area contributed by atoms with E-state index in [9.17, 15) is 4.39 Å². The van der Waals surface area contributed by atoms with Crippen LogP contribution >= 0.6 is 11.6 Å². The van der Waals surface area contributed by atoms with Gasteiger partial charge < -0.3 is 15.0 Å². The second kappa shape index (κ2) is 11.2. The van der Waals surface area contributed by atoms with Crippen LogP contribution in [-0.4, -0.2) is 57.4 Å². The maximum absolute atomic E-state index is 14.2. The maximum Gasteiger partial charge on any atom is 0.245 e. The van der Waals surface area contributed by atoms with Crippen molar-refractivity contribution in [1.29, 1.82) is 0 Å². The molecule has 188 valence electrons. The van der Waals surface area contributed by atoms with Crippen molar-refractivity contribution in [3.8, 4) is 11.1 Å². The molecule has 2 N–H and O–H groups in total. The number of rotatable bonds is 7. The van der Waals surface area contributed by atoms with Gasteiger partial charge in [-0.15, -0.1) is 0 Å². The SMILES string of the molecule is Cc1cc(-c2cncnc2)cc(Cl)c1Nc1ccc(/C=N/Nc2ncc(F)c(N3CCOCC3)n2)nc1. The summed E-state index contributed by atoms with van der Waals surface area (Å²) in [5, 5.41) is 8.02. The molecule has 1 fully saturated rings. The zero-order valence-corrected chi connectivity index (χ0v) is 20.7. The van der Waals surface area contributed by atoms with E-state index in [-0.39, 0.29) is 11.8 Å². The summed E-state index contributed by atoms with van der Waals surface area (Å²) in [6.07, 6.45) is 9.32. The van der Waals surface area contributed by atoms with Crippen LogP contribution in [0, 0.1) is 12.7 Å². The molecular weight excluding hydrogens is 497 g/mol. The van der Waals surface area contributed by atoms with E-state index in [1.807, 2.05) is 30.0 Å². The van der Waals surface area contributed by atoms with Gasteiger partial charge in [-0.1, -0.05) is 11.6 Å². The molecule has 12 heteroatoms. The van der Waals surface area contributed by atoms with Crippen LogP contribution < -0.4 is 15.6 Å². The van der Waals surface area contributed by atoms with Crippen molar-refractivity contribution in [2.45, 2.75) is 6.92 Å². The van der Waals surface area contributed by atoms with E-state index in [1.54, 1.807) is 24.7 Å². The first-order chi connectivity index (χ1) is 18.1. The second-order valence-electron chi connectivity index (χ2n) is 8.21. The minimum Gasteiger partial charge on any atom is -0.378 e. The molecule has 1 saturated heterocycles. The van der Waals surface area contributed by atoms with Gasteiger partial charge in [0, 0.05) is 31.0 Å². The van der Waals surface area contributed by atoms with E-state index < -0.39 is 5.82 Å². The van der Waals surface area contributed by atoms with Crippen molar-refractivity contribution in [2.24, 2.45) is 5.10 Å². The van der Waals surface area contributed by atoms with E-state index in [0.29, 0.717) is 37.0 Å². The number of hydrogen-bond acceptors (Lipinski definition) is 10. The number of anilines is 4. The monoisotopic (exact) mass is 519 g/mol. The van der Waals surface area contributed by atoms with Crippen LogP contribution in [0.4, 0.5) is 27.5 Å². The highest BCUT2D eigenvalue weighted by atomic mass is 35.5. The first-order valence-corrected chi connectivity index (χ1v) is 11.9. The number of ether oxygens (including phenoxy) is 1. The van der Waals surface area contributed by atoms with Gasteiger partial charge in [-0.2, -0.15) is 10.1 Å². The Balaban J connectivity index is 1.23. The highest BCUT2D eigenvalue weighted by Gasteiger charge is 2.17. The number of hydrazone groups is 1. The average Bonchev–Trinajstić information content (AvgIpc) is 2.93. The van der Waals surface area contributed by atoms with Gasteiger partial charge in [0.15, 0.2) is 11.6 Å². The molecule has 3 aromatic heterocycles. The Morgan fingerprint density at radius 1 is 1.05 bits per heavy atom. The van der Waals surface area contributed by atoms with Crippen molar-refractivity contribution in [1.82, 2.24) is 24.9 Å². The summed E-state index contributed by atoms with van der Waals surface area (Å²) in [5.74, 6) is -0.0723. The zero-order valence-electron chi connectivity index (χ0n) is 19.9. The molecular formula is C25H23ClFN9O. The Bertz CT molecular complexity index is 1370. The van der Waals surface area contributed by atoms with Gasteiger partial charge in [0.05, 0.1) is 53.9 Å². The lowest BCUT2D eigenvalue weighted by Crippen LogP contribution is -2.37. The van der Waals surface area contributed by atoms with Crippen molar-refractivity contribution in [3.05, 3.63) is 77.5 Å². The number of nitrogens with zero attached hydrogens (tertiary/aromatic N) is 7. The molecule has 0 atom stereocenters. The Hall–Kier alpha value is -4.22. The summed E-state index contributed by atoms with van der Waals surface area (Å²) in [5.41, 5.74) is 7.69. The van der Waals surface area contributed by atoms with Crippen molar-refractivity contribution in [2.75, 3.05) is 41.9 Å². The summed E-state index contributed by atoms with van der Waals surface area (Å²) in [6, 6.07) is 7.57. The summed E-state index contributed by atoms with van der Waals surface area (Å²) in [7, 11) is 0. The third-order valence-electron chi connectivity index (χ3n) is 5.63. The lowest BCUT2D eigenvalue weighted by Gasteiger charge is -2.27. The zero-order chi connectivity index (χ0) is 25.6. The highest BCUT2D eigenvalue weighted by molar-refractivity contribution is 6.33. The lowest BCUT2D eigenvalue weighted by molar-refractivity contribution is 0.122. The van der Waals surface area contributed by atoms with Crippen molar-refractivity contribution in [3.63, 3.8) is 0 Å². The molecule has 0 amide bonds. The number of aryl methyl sites for hydroxylation is 1. The average molecular weight is 520 g/mol. The topological polar surface area (TPSA) is 113 Å². The summed E-state index contributed by atoms with van der Waals surface area (Å²) in [4.78, 5) is 22.5.